The number of alkyl halides is 1. The Bertz CT molecular complexity index is 796. The van der Waals surface area contributed by atoms with E-state index >= 15 is 0 Å². The van der Waals surface area contributed by atoms with Gasteiger partial charge in [0.25, 0.3) is 5.91 Å². The van der Waals surface area contributed by atoms with Gasteiger partial charge >= 0.3 is 0 Å². The van der Waals surface area contributed by atoms with Gasteiger partial charge in [0.15, 0.2) is 0 Å². The summed E-state index contributed by atoms with van der Waals surface area (Å²) in [6, 6.07) is 17.1. The number of amides is 1. The fourth-order valence-corrected chi connectivity index (χ4v) is 2.57. The highest BCUT2D eigenvalue weighted by atomic mass is 79.9. The molecule has 104 valence electrons. The van der Waals surface area contributed by atoms with Gasteiger partial charge in [0, 0.05) is 22.6 Å². The summed E-state index contributed by atoms with van der Waals surface area (Å²) in [5, 5.41) is 4.55. The summed E-state index contributed by atoms with van der Waals surface area (Å²) in [7, 11) is 0. The average molecular weight is 341 g/mol. The zero-order valence-electron chi connectivity index (χ0n) is 11.2. The lowest BCUT2D eigenvalue weighted by atomic mass is 10.1. The first-order chi connectivity index (χ1) is 10.3. The van der Waals surface area contributed by atoms with Crippen LogP contribution in [0, 0.1) is 0 Å². The fraction of sp³-hybridized carbons (Fsp3) is 0.0588. The first-order valence-corrected chi connectivity index (χ1v) is 7.70. The quantitative estimate of drug-likeness (QED) is 0.718. The van der Waals surface area contributed by atoms with Crippen molar-refractivity contribution < 1.29 is 4.79 Å². The molecule has 0 aliphatic heterocycles. The second-order valence-electron chi connectivity index (χ2n) is 4.66. The van der Waals surface area contributed by atoms with Crippen LogP contribution in [0.25, 0.3) is 10.9 Å². The normalized spacial score (nSPS) is 10.5. The summed E-state index contributed by atoms with van der Waals surface area (Å²) in [5.41, 5.74) is 3.36. The zero-order chi connectivity index (χ0) is 14.7. The standard InChI is InChI=1S/C17H13BrN2O/c18-11-12-4-3-5-13(10-12)20-17(21)15-8-9-19-16-7-2-1-6-14(15)16/h1-10H,11H2,(H,20,21). The summed E-state index contributed by atoms with van der Waals surface area (Å²) in [6.07, 6.45) is 1.66. The van der Waals surface area contributed by atoms with Gasteiger partial charge in [-0.3, -0.25) is 9.78 Å². The van der Waals surface area contributed by atoms with Crippen molar-refractivity contribution in [1.82, 2.24) is 4.98 Å². The Kier molecular flexibility index (Phi) is 3.97. The molecule has 1 N–H and O–H groups in total. The molecule has 0 unspecified atom stereocenters. The Balaban J connectivity index is 1.93. The van der Waals surface area contributed by atoms with E-state index in [9.17, 15) is 4.79 Å². The van der Waals surface area contributed by atoms with Gasteiger partial charge in [-0.25, -0.2) is 0 Å². The van der Waals surface area contributed by atoms with Gasteiger partial charge in [-0.1, -0.05) is 46.3 Å². The Morgan fingerprint density at radius 3 is 2.81 bits per heavy atom. The number of hydrogen-bond acceptors (Lipinski definition) is 2. The number of hydrogen-bond donors (Lipinski definition) is 1. The van der Waals surface area contributed by atoms with Crippen LogP contribution >= 0.6 is 15.9 Å². The van der Waals surface area contributed by atoms with Crippen LogP contribution in [0.15, 0.2) is 60.8 Å². The second kappa shape index (κ2) is 6.06. The van der Waals surface area contributed by atoms with Crippen molar-refractivity contribution in [2.45, 2.75) is 5.33 Å². The van der Waals surface area contributed by atoms with Crippen LogP contribution in [0.2, 0.25) is 0 Å². The molecule has 3 rings (SSSR count). The van der Waals surface area contributed by atoms with Crippen molar-refractivity contribution >= 4 is 38.4 Å². The van der Waals surface area contributed by atoms with E-state index in [4.69, 9.17) is 0 Å². The number of nitrogens with one attached hydrogen (secondary N) is 1. The molecule has 1 amide bonds. The third-order valence-corrected chi connectivity index (χ3v) is 3.88. The van der Waals surface area contributed by atoms with Gasteiger partial charge < -0.3 is 5.32 Å². The molecule has 0 bridgehead atoms. The summed E-state index contributed by atoms with van der Waals surface area (Å²) >= 11 is 3.41. The highest BCUT2D eigenvalue weighted by Crippen LogP contribution is 2.19. The number of halogens is 1. The number of pyridine rings is 1. The number of nitrogens with zero attached hydrogens (tertiary/aromatic N) is 1. The van der Waals surface area contributed by atoms with Crippen molar-refractivity contribution in [3.05, 3.63) is 71.9 Å². The van der Waals surface area contributed by atoms with Crippen LogP contribution in [0.1, 0.15) is 15.9 Å². The lowest BCUT2D eigenvalue weighted by Crippen LogP contribution is -2.12. The lowest BCUT2D eigenvalue weighted by molar-refractivity contribution is 0.102. The van der Waals surface area contributed by atoms with E-state index in [0.717, 1.165) is 27.5 Å². The average Bonchev–Trinajstić information content (AvgIpc) is 2.54. The highest BCUT2D eigenvalue weighted by molar-refractivity contribution is 9.08. The minimum absolute atomic E-state index is 0.125. The summed E-state index contributed by atoms with van der Waals surface area (Å²) < 4.78 is 0. The zero-order valence-corrected chi connectivity index (χ0v) is 12.8. The van der Waals surface area contributed by atoms with E-state index in [2.05, 4.69) is 26.2 Å². The van der Waals surface area contributed by atoms with Crippen molar-refractivity contribution in [2.75, 3.05) is 5.32 Å². The maximum absolute atomic E-state index is 12.5. The predicted octanol–water partition coefficient (Wildman–Crippen LogP) is 4.38. The van der Waals surface area contributed by atoms with Crippen molar-refractivity contribution in [1.29, 1.82) is 0 Å². The molecule has 0 aliphatic rings. The van der Waals surface area contributed by atoms with Crippen LogP contribution in [-0.2, 0) is 5.33 Å². The first kappa shape index (κ1) is 13.8. The van der Waals surface area contributed by atoms with Gasteiger partial charge in [0.05, 0.1) is 11.1 Å². The monoisotopic (exact) mass is 340 g/mol. The van der Waals surface area contributed by atoms with E-state index in [0.29, 0.717) is 5.56 Å². The van der Waals surface area contributed by atoms with Crippen molar-refractivity contribution in [3.63, 3.8) is 0 Å². The molecule has 3 nitrogen and oxygen atoms in total. The molecule has 3 aromatic rings. The molecule has 4 heteroatoms. The van der Waals surface area contributed by atoms with E-state index in [1.54, 1.807) is 12.3 Å². The molecule has 0 fully saturated rings. The molecule has 0 saturated carbocycles. The van der Waals surface area contributed by atoms with E-state index in [1.165, 1.54) is 0 Å². The number of anilines is 1. The molecule has 1 aromatic heterocycles. The van der Waals surface area contributed by atoms with Crippen molar-refractivity contribution in [3.8, 4) is 0 Å². The van der Waals surface area contributed by atoms with Gasteiger partial charge in [-0.05, 0) is 29.8 Å². The van der Waals surface area contributed by atoms with E-state index in [-0.39, 0.29) is 5.91 Å². The van der Waals surface area contributed by atoms with Crippen LogP contribution in [0.4, 0.5) is 5.69 Å². The minimum atomic E-state index is -0.125. The van der Waals surface area contributed by atoms with Gasteiger partial charge in [0.1, 0.15) is 0 Å². The molecular formula is C17H13BrN2O. The number of aromatic nitrogens is 1. The summed E-state index contributed by atoms with van der Waals surface area (Å²) in [5.74, 6) is -0.125. The molecule has 0 saturated heterocycles. The molecular weight excluding hydrogens is 328 g/mol. The molecule has 2 aromatic carbocycles. The largest absolute Gasteiger partial charge is 0.322 e. The predicted molar refractivity (Wildman–Crippen MR) is 88.8 cm³/mol. The topological polar surface area (TPSA) is 42.0 Å². The highest BCUT2D eigenvalue weighted by Gasteiger charge is 2.10. The van der Waals surface area contributed by atoms with Crippen LogP contribution in [0.5, 0.6) is 0 Å². The Morgan fingerprint density at radius 2 is 1.95 bits per heavy atom. The maximum atomic E-state index is 12.5. The maximum Gasteiger partial charge on any atom is 0.256 e. The fourth-order valence-electron chi connectivity index (χ4n) is 2.22. The SMILES string of the molecule is O=C(Nc1cccc(CBr)c1)c1ccnc2ccccc12. The molecule has 0 radical (unpaired) electrons. The lowest BCUT2D eigenvalue weighted by Gasteiger charge is -2.08. The number of rotatable bonds is 3. The molecule has 1 heterocycles. The third kappa shape index (κ3) is 2.95. The number of fused-ring (bicyclic) bond motifs is 1. The van der Waals surface area contributed by atoms with Gasteiger partial charge in [0.2, 0.25) is 0 Å². The molecule has 0 aliphatic carbocycles. The Morgan fingerprint density at radius 1 is 1.10 bits per heavy atom. The van der Waals surface area contributed by atoms with Gasteiger partial charge in [-0.2, -0.15) is 0 Å². The van der Waals surface area contributed by atoms with Crippen molar-refractivity contribution in [2.24, 2.45) is 0 Å². The minimum Gasteiger partial charge on any atom is -0.322 e. The smallest absolute Gasteiger partial charge is 0.256 e. The number of carbonyl (C=O) groups is 1. The number of carbonyl (C=O) groups excluding carboxylic acids is 1. The van der Waals surface area contributed by atoms with Gasteiger partial charge in [-0.15, -0.1) is 0 Å². The molecule has 0 atom stereocenters. The molecule has 0 spiro atoms. The third-order valence-electron chi connectivity index (χ3n) is 3.23. The Hall–Kier alpha value is -2.20. The second-order valence-corrected chi connectivity index (χ2v) is 5.22. The van der Waals surface area contributed by atoms with E-state index in [1.807, 2.05) is 48.5 Å². The first-order valence-electron chi connectivity index (χ1n) is 6.58. The van der Waals surface area contributed by atoms with E-state index < -0.39 is 0 Å². The summed E-state index contributed by atoms with van der Waals surface area (Å²) in [6.45, 7) is 0. The summed E-state index contributed by atoms with van der Waals surface area (Å²) in [4.78, 5) is 16.7. The van der Waals surface area contributed by atoms with Crippen LogP contribution in [0.3, 0.4) is 0 Å². The van der Waals surface area contributed by atoms with Crippen LogP contribution < -0.4 is 5.32 Å². The van der Waals surface area contributed by atoms with Crippen LogP contribution in [-0.4, -0.2) is 10.9 Å². The molecule has 21 heavy (non-hydrogen) atoms. The number of benzene rings is 2. The number of para-hydroxylation sites is 1. The Labute approximate surface area is 131 Å².